The van der Waals surface area contributed by atoms with Crippen LogP contribution in [0.1, 0.15) is 33.1 Å². The second-order valence-corrected chi connectivity index (χ2v) is 10.4. The molecule has 0 aromatic heterocycles. The highest BCUT2D eigenvalue weighted by Gasteiger charge is 2.66. The average molecular weight is 272 g/mol. The van der Waals surface area contributed by atoms with Crippen LogP contribution in [0.25, 0.3) is 0 Å². The standard InChI is InChI=1S/C8H18O6P2/c1-6(9)15(11,7(2)10)8(4-3-5-8)16(12,13)14/h6-7,9-10H,3-5H2,1-2H3,(H2,12,13,14). The lowest BCUT2D eigenvalue weighted by atomic mass is 9.99. The summed E-state index contributed by atoms with van der Waals surface area (Å²) in [5.74, 6) is -2.83. The van der Waals surface area contributed by atoms with E-state index in [1.54, 1.807) is 0 Å². The molecule has 4 N–H and O–H groups in total. The molecular weight excluding hydrogens is 254 g/mol. The van der Waals surface area contributed by atoms with Crippen molar-refractivity contribution in [3.05, 3.63) is 0 Å². The minimum absolute atomic E-state index is 0.0877. The molecular formula is C8H18O6P2. The molecule has 0 saturated heterocycles. The summed E-state index contributed by atoms with van der Waals surface area (Å²) in [4.78, 5) is 17.0. The van der Waals surface area contributed by atoms with E-state index >= 15 is 0 Å². The predicted octanol–water partition coefficient (Wildman–Crippen LogP) is 1.08. The Labute approximate surface area is 94.2 Å². The first-order valence-corrected chi connectivity index (χ1v) is 8.56. The van der Waals surface area contributed by atoms with Crippen LogP contribution in [0.5, 0.6) is 0 Å². The zero-order valence-corrected chi connectivity index (χ0v) is 11.1. The predicted molar refractivity (Wildman–Crippen MR) is 59.6 cm³/mol. The Morgan fingerprint density at radius 2 is 1.44 bits per heavy atom. The van der Waals surface area contributed by atoms with Gasteiger partial charge in [-0.2, -0.15) is 0 Å². The lowest BCUT2D eigenvalue weighted by Crippen LogP contribution is -2.42. The Balaban J connectivity index is 3.32. The monoisotopic (exact) mass is 272 g/mol. The van der Waals surface area contributed by atoms with Crippen LogP contribution in [0.3, 0.4) is 0 Å². The molecule has 0 aromatic rings. The maximum absolute atomic E-state index is 12.6. The first-order chi connectivity index (χ1) is 7.09. The molecule has 2 atom stereocenters. The molecule has 1 saturated carbocycles. The van der Waals surface area contributed by atoms with Crippen molar-refractivity contribution in [3.63, 3.8) is 0 Å². The normalized spacial score (nSPS) is 27.6. The van der Waals surface area contributed by atoms with E-state index in [9.17, 15) is 29.1 Å². The summed E-state index contributed by atoms with van der Waals surface area (Å²) in [5, 5.41) is 19.1. The highest BCUT2D eigenvalue weighted by atomic mass is 31.2. The van der Waals surface area contributed by atoms with E-state index in [1.165, 1.54) is 13.8 Å². The van der Waals surface area contributed by atoms with Crippen molar-refractivity contribution in [1.82, 2.24) is 0 Å². The fraction of sp³-hybridized carbons (Fsp3) is 1.00. The molecule has 2 unspecified atom stereocenters. The fourth-order valence-electron chi connectivity index (χ4n) is 2.35. The molecule has 1 rings (SSSR count). The number of hydrogen-bond acceptors (Lipinski definition) is 4. The molecule has 0 aromatic carbocycles. The maximum atomic E-state index is 12.6. The number of rotatable bonds is 4. The van der Waals surface area contributed by atoms with Crippen molar-refractivity contribution >= 4 is 14.7 Å². The third-order valence-corrected chi connectivity index (χ3v) is 10.7. The van der Waals surface area contributed by atoms with E-state index in [0.717, 1.165) is 0 Å². The van der Waals surface area contributed by atoms with Gasteiger partial charge in [0, 0.05) is 0 Å². The molecule has 0 bridgehead atoms. The lowest BCUT2D eigenvalue weighted by Gasteiger charge is -2.49. The van der Waals surface area contributed by atoms with Crippen molar-refractivity contribution in [2.45, 2.75) is 49.7 Å². The van der Waals surface area contributed by atoms with Gasteiger partial charge in [-0.15, -0.1) is 0 Å². The zero-order valence-electron chi connectivity index (χ0n) is 9.28. The van der Waals surface area contributed by atoms with Gasteiger partial charge >= 0.3 is 7.60 Å². The Morgan fingerprint density at radius 3 is 1.50 bits per heavy atom. The van der Waals surface area contributed by atoms with E-state index < -0.39 is 31.3 Å². The largest absolute Gasteiger partial charge is 0.386 e. The van der Waals surface area contributed by atoms with E-state index in [1.807, 2.05) is 0 Å². The highest BCUT2D eigenvalue weighted by Crippen LogP contribution is 2.82. The van der Waals surface area contributed by atoms with Crippen molar-refractivity contribution in [2.75, 3.05) is 0 Å². The van der Waals surface area contributed by atoms with Gasteiger partial charge in [0.2, 0.25) is 0 Å². The first-order valence-electron chi connectivity index (χ1n) is 5.11. The molecule has 0 heterocycles. The van der Waals surface area contributed by atoms with Crippen molar-refractivity contribution in [3.8, 4) is 0 Å². The minimum atomic E-state index is -4.61. The topological polar surface area (TPSA) is 115 Å². The van der Waals surface area contributed by atoms with Crippen LogP contribution in [-0.4, -0.2) is 36.6 Å². The van der Waals surface area contributed by atoms with Gasteiger partial charge in [0.1, 0.15) is 16.6 Å². The Kier molecular flexibility index (Phi) is 3.77. The molecule has 16 heavy (non-hydrogen) atoms. The van der Waals surface area contributed by atoms with Gasteiger partial charge in [-0.1, -0.05) is 6.42 Å². The van der Waals surface area contributed by atoms with Gasteiger partial charge < -0.3 is 24.6 Å². The SMILES string of the molecule is CC(O)P(=O)(C(C)O)C1(P(=O)(O)O)CCC1. The second-order valence-electron chi connectivity index (χ2n) is 4.35. The van der Waals surface area contributed by atoms with E-state index in [0.29, 0.717) is 6.42 Å². The number of aliphatic hydroxyl groups is 2. The van der Waals surface area contributed by atoms with E-state index in [4.69, 9.17) is 0 Å². The van der Waals surface area contributed by atoms with Crippen LogP contribution < -0.4 is 0 Å². The van der Waals surface area contributed by atoms with Crippen LogP contribution in [0.15, 0.2) is 0 Å². The first kappa shape index (κ1) is 14.4. The average Bonchev–Trinajstić information content (AvgIpc) is 1.97. The Hall–Kier alpha value is 0.300. The second kappa shape index (κ2) is 4.20. The number of aliphatic hydroxyl groups excluding tert-OH is 2. The van der Waals surface area contributed by atoms with Crippen molar-refractivity contribution in [1.29, 1.82) is 0 Å². The Morgan fingerprint density at radius 1 is 1.06 bits per heavy atom. The molecule has 0 radical (unpaired) electrons. The van der Waals surface area contributed by atoms with Crippen LogP contribution in [0.4, 0.5) is 0 Å². The molecule has 1 aliphatic carbocycles. The quantitative estimate of drug-likeness (QED) is 0.569. The lowest BCUT2D eigenvalue weighted by molar-refractivity contribution is 0.207. The van der Waals surface area contributed by atoms with Crippen molar-refractivity contribution < 1.29 is 29.1 Å². The summed E-state index contributed by atoms with van der Waals surface area (Å²) in [7, 11) is -8.39. The van der Waals surface area contributed by atoms with Gasteiger partial charge in [0.25, 0.3) is 0 Å². The molecule has 1 fully saturated rings. The van der Waals surface area contributed by atoms with Crippen molar-refractivity contribution in [2.24, 2.45) is 0 Å². The highest BCUT2D eigenvalue weighted by molar-refractivity contribution is 7.79. The zero-order chi connectivity index (χ0) is 12.8. The van der Waals surface area contributed by atoms with Crippen LogP contribution >= 0.6 is 14.7 Å². The Bertz CT molecular complexity index is 342. The molecule has 0 amide bonds. The summed E-state index contributed by atoms with van der Waals surface area (Å²) in [6.45, 7) is 2.42. The molecule has 1 aliphatic rings. The van der Waals surface area contributed by atoms with Gasteiger partial charge in [-0.3, -0.25) is 4.57 Å². The third-order valence-electron chi connectivity index (χ3n) is 3.46. The maximum Gasteiger partial charge on any atom is 0.339 e. The summed E-state index contributed by atoms with van der Waals surface area (Å²) < 4.78 is 24.1. The van der Waals surface area contributed by atoms with Gasteiger partial charge in [0.15, 0.2) is 7.14 Å². The van der Waals surface area contributed by atoms with Crippen LogP contribution in [0.2, 0.25) is 0 Å². The summed E-state index contributed by atoms with van der Waals surface area (Å²) in [6.07, 6.45) is 0.725. The molecule has 0 spiro atoms. The van der Waals surface area contributed by atoms with E-state index in [-0.39, 0.29) is 12.8 Å². The molecule has 8 heteroatoms. The van der Waals surface area contributed by atoms with Gasteiger partial charge in [0.05, 0.1) is 0 Å². The van der Waals surface area contributed by atoms with E-state index in [2.05, 4.69) is 0 Å². The minimum Gasteiger partial charge on any atom is -0.386 e. The summed E-state index contributed by atoms with van der Waals surface area (Å²) in [6, 6.07) is 0. The van der Waals surface area contributed by atoms with Crippen LogP contribution in [0, 0.1) is 0 Å². The summed E-state index contributed by atoms with van der Waals surface area (Å²) >= 11 is 0. The summed E-state index contributed by atoms with van der Waals surface area (Å²) in [5.41, 5.74) is 0. The molecule has 96 valence electrons. The number of hydrogen-bond donors (Lipinski definition) is 4. The molecule has 0 aliphatic heterocycles. The molecule has 6 nitrogen and oxygen atoms in total. The smallest absolute Gasteiger partial charge is 0.339 e. The van der Waals surface area contributed by atoms with Gasteiger partial charge in [-0.25, -0.2) is 0 Å². The third kappa shape index (κ3) is 1.72. The van der Waals surface area contributed by atoms with Gasteiger partial charge in [-0.05, 0) is 26.7 Å². The van der Waals surface area contributed by atoms with Crippen LogP contribution in [-0.2, 0) is 9.13 Å². The fourth-order valence-corrected chi connectivity index (χ4v) is 8.91.